The van der Waals surface area contributed by atoms with Crippen LogP contribution in [0, 0.1) is 5.92 Å². The lowest BCUT2D eigenvalue weighted by Crippen LogP contribution is -2.42. The Morgan fingerprint density at radius 2 is 1.96 bits per heavy atom. The highest BCUT2D eigenvalue weighted by molar-refractivity contribution is 5.93. The maximum atomic E-state index is 12.6. The lowest BCUT2D eigenvalue weighted by molar-refractivity contribution is -0.120. The molecular weight excluding hydrogens is 308 g/mol. The fraction of sp³-hybridized carbons (Fsp3) is 0.682. The van der Waals surface area contributed by atoms with E-state index >= 15 is 0 Å². The lowest BCUT2D eigenvalue weighted by atomic mass is 9.81. The summed E-state index contributed by atoms with van der Waals surface area (Å²) in [5.74, 6) is 0.280. The third kappa shape index (κ3) is 3.86. The molecule has 0 bridgehead atoms. The van der Waals surface area contributed by atoms with E-state index in [9.17, 15) is 4.79 Å². The number of nitrogens with zero attached hydrogens (tertiary/aromatic N) is 1. The Balaban J connectivity index is 2.25. The molecule has 3 heteroatoms. The first kappa shape index (κ1) is 19.8. The molecule has 0 radical (unpaired) electrons. The highest BCUT2D eigenvalue weighted by Crippen LogP contribution is 2.46. The van der Waals surface area contributed by atoms with Crippen molar-refractivity contribution in [1.29, 1.82) is 0 Å². The van der Waals surface area contributed by atoms with Crippen LogP contribution < -0.4 is 10.2 Å². The van der Waals surface area contributed by atoms with Gasteiger partial charge in [0.25, 0.3) is 0 Å². The lowest BCUT2D eigenvalue weighted by Gasteiger charge is -2.34. The van der Waals surface area contributed by atoms with Crippen LogP contribution in [0.3, 0.4) is 0 Å². The molecule has 140 valence electrons. The maximum absolute atomic E-state index is 12.6. The Kier molecular flexibility index (Phi) is 6.18. The summed E-state index contributed by atoms with van der Waals surface area (Å²) in [6, 6.07) is 7.33. The van der Waals surface area contributed by atoms with Gasteiger partial charge in [-0.15, -0.1) is 0 Å². The van der Waals surface area contributed by atoms with Crippen molar-refractivity contribution in [1.82, 2.24) is 0 Å². The second kappa shape index (κ2) is 7.80. The molecule has 1 aliphatic rings. The molecule has 0 fully saturated rings. The van der Waals surface area contributed by atoms with Crippen LogP contribution in [0.1, 0.15) is 79.7 Å². The standard InChI is InChI=1S/C22H36N2O/c1-8-10-11-17(9-2)21(25)23-18-12-13-19-20(14-18)24(15(3)4)16(5)22(19,6)7/h12-17H,8-11H2,1-7H3,(H,23,25). The smallest absolute Gasteiger partial charge is 0.227 e. The minimum Gasteiger partial charge on any atom is -0.365 e. The summed E-state index contributed by atoms with van der Waals surface area (Å²) in [5, 5.41) is 3.17. The Morgan fingerprint density at radius 1 is 1.28 bits per heavy atom. The molecule has 25 heavy (non-hydrogen) atoms. The zero-order valence-electron chi connectivity index (χ0n) is 17.1. The number of benzene rings is 1. The highest BCUT2D eigenvalue weighted by atomic mass is 16.1. The molecule has 0 aliphatic carbocycles. The van der Waals surface area contributed by atoms with Crippen LogP contribution in [-0.2, 0) is 10.2 Å². The van der Waals surface area contributed by atoms with Crippen LogP contribution in [-0.4, -0.2) is 18.0 Å². The third-order valence-corrected chi connectivity index (χ3v) is 6.03. The van der Waals surface area contributed by atoms with E-state index in [1.165, 1.54) is 11.3 Å². The van der Waals surface area contributed by atoms with Crippen molar-refractivity contribution in [3.8, 4) is 0 Å². The van der Waals surface area contributed by atoms with E-state index in [2.05, 4.69) is 76.9 Å². The minimum atomic E-state index is 0.116. The number of nitrogens with one attached hydrogen (secondary N) is 1. The zero-order chi connectivity index (χ0) is 18.8. The van der Waals surface area contributed by atoms with Crippen LogP contribution in [0.5, 0.6) is 0 Å². The summed E-state index contributed by atoms with van der Waals surface area (Å²) in [4.78, 5) is 15.1. The van der Waals surface area contributed by atoms with Gasteiger partial charge in [-0.3, -0.25) is 4.79 Å². The summed E-state index contributed by atoms with van der Waals surface area (Å²) in [6.45, 7) is 15.7. The molecule has 1 aromatic rings. The quantitative estimate of drug-likeness (QED) is 0.684. The van der Waals surface area contributed by atoms with Crippen molar-refractivity contribution in [3.05, 3.63) is 23.8 Å². The number of unbranched alkanes of at least 4 members (excludes halogenated alkanes) is 1. The van der Waals surface area contributed by atoms with Gasteiger partial charge in [-0.05, 0) is 51.3 Å². The Hall–Kier alpha value is -1.51. The number of hydrogen-bond donors (Lipinski definition) is 1. The molecule has 1 aliphatic heterocycles. The molecular formula is C22H36N2O. The number of rotatable bonds is 7. The van der Waals surface area contributed by atoms with E-state index in [1.54, 1.807) is 0 Å². The van der Waals surface area contributed by atoms with Crippen molar-refractivity contribution in [2.45, 2.75) is 91.6 Å². The molecule has 1 N–H and O–H groups in total. The third-order valence-electron chi connectivity index (χ3n) is 6.03. The van der Waals surface area contributed by atoms with Gasteiger partial charge in [0.15, 0.2) is 0 Å². The highest BCUT2D eigenvalue weighted by Gasteiger charge is 2.42. The van der Waals surface area contributed by atoms with E-state index in [0.29, 0.717) is 12.1 Å². The van der Waals surface area contributed by atoms with E-state index in [4.69, 9.17) is 0 Å². The van der Waals surface area contributed by atoms with Crippen molar-refractivity contribution >= 4 is 17.3 Å². The topological polar surface area (TPSA) is 32.3 Å². The fourth-order valence-electron chi connectivity index (χ4n) is 4.09. The normalized spacial score (nSPS) is 19.8. The first-order valence-corrected chi connectivity index (χ1v) is 9.97. The molecule has 2 rings (SSSR count). The predicted octanol–water partition coefficient (Wildman–Crippen LogP) is 5.74. The monoisotopic (exact) mass is 344 g/mol. The molecule has 2 atom stereocenters. The molecule has 0 aromatic heterocycles. The first-order chi connectivity index (χ1) is 11.7. The Labute approximate surface area is 154 Å². The molecule has 1 amide bonds. The van der Waals surface area contributed by atoms with Gasteiger partial charge in [-0.1, -0.05) is 46.6 Å². The molecule has 0 saturated carbocycles. The molecule has 0 saturated heterocycles. The van der Waals surface area contributed by atoms with E-state index in [0.717, 1.165) is 31.4 Å². The largest absolute Gasteiger partial charge is 0.365 e. The summed E-state index contributed by atoms with van der Waals surface area (Å²) < 4.78 is 0. The summed E-state index contributed by atoms with van der Waals surface area (Å²) in [7, 11) is 0. The summed E-state index contributed by atoms with van der Waals surface area (Å²) in [5.41, 5.74) is 3.70. The van der Waals surface area contributed by atoms with E-state index in [1.807, 2.05) is 0 Å². The summed E-state index contributed by atoms with van der Waals surface area (Å²) in [6.07, 6.45) is 4.13. The van der Waals surface area contributed by atoms with Crippen molar-refractivity contribution in [2.24, 2.45) is 5.92 Å². The SMILES string of the molecule is CCCCC(CC)C(=O)Nc1ccc2c(c1)N(C(C)C)C(C)C2(C)C. The van der Waals surface area contributed by atoms with Gasteiger partial charge < -0.3 is 10.2 Å². The van der Waals surface area contributed by atoms with Gasteiger partial charge >= 0.3 is 0 Å². The van der Waals surface area contributed by atoms with Gasteiger partial charge in [0.2, 0.25) is 5.91 Å². The fourth-order valence-corrected chi connectivity index (χ4v) is 4.09. The average Bonchev–Trinajstić information content (AvgIpc) is 2.74. The predicted molar refractivity (Wildman–Crippen MR) is 108 cm³/mol. The second-order valence-corrected chi connectivity index (χ2v) is 8.37. The van der Waals surface area contributed by atoms with Gasteiger partial charge in [0, 0.05) is 34.8 Å². The van der Waals surface area contributed by atoms with Crippen LogP contribution >= 0.6 is 0 Å². The van der Waals surface area contributed by atoms with Crippen LogP contribution in [0.2, 0.25) is 0 Å². The van der Waals surface area contributed by atoms with Gasteiger partial charge in [0.1, 0.15) is 0 Å². The van der Waals surface area contributed by atoms with Crippen molar-refractivity contribution < 1.29 is 4.79 Å². The average molecular weight is 345 g/mol. The molecule has 0 spiro atoms. The number of amides is 1. The van der Waals surface area contributed by atoms with Gasteiger partial charge in [-0.25, -0.2) is 0 Å². The molecule has 3 nitrogen and oxygen atoms in total. The van der Waals surface area contributed by atoms with Crippen LogP contribution in [0.4, 0.5) is 11.4 Å². The van der Waals surface area contributed by atoms with Gasteiger partial charge in [0.05, 0.1) is 0 Å². The van der Waals surface area contributed by atoms with Crippen molar-refractivity contribution in [3.63, 3.8) is 0 Å². The second-order valence-electron chi connectivity index (χ2n) is 8.37. The number of anilines is 2. The van der Waals surface area contributed by atoms with Gasteiger partial charge in [-0.2, -0.15) is 0 Å². The molecule has 1 heterocycles. The maximum Gasteiger partial charge on any atom is 0.227 e. The Bertz CT molecular complexity index is 606. The molecule has 2 unspecified atom stereocenters. The zero-order valence-corrected chi connectivity index (χ0v) is 17.1. The first-order valence-electron chi connectivity index (χ1n) is 9.97. The van der Waals surface area contributed by atoms with Crippen LogP contribution in [0.25, 0.3) is 0 Å². The van der Waals surface area contributed by atoms with E-state index < -0.39 is 0 Å². The number of carbonyl (C=O) groups excluding carboxylic acids is 1. The number of carbonyl (C=O) groups is 1. The Morgan fingerprint density at radius 3 is 2.52 bits per heavy atom. The van der Waals surface area contributed by atoms with E-state index in [-0.39, 0.29) is 17.2 Å². The number of fused-ring (bicyclic) bond motifs is 1. The van der Waals surface area contributed by atoms with Crippen molar-refractivity contribution in [2.75, 3.05) is 10.2 Å². The minimum absolute atomic E-state index is 0.116. The summed E-state index contributed by atoms with van der Waals surface area (Å²) >= 11 is 0. The number of hydrogen-bond acceptors (Lipinski definition) is 2. The van der Waals surface area contributed by atoms with Crippen LogP contribution in [0.15, 0.2) is 18.2 Å². The molecule has 1 aromatic carbocycles.